The van der Waals surface area contributed by atoms with Crippen LogP contribution >= 0.6 is 0 Å². The molecule has 4 heteroatoms. The third-order valence-electron chi connectivity index (χ3n) is 3.10. The lowest BCUT2D eigenvalue weighted by Crippen LogP contribution is -2.42. The molecule has 2 heterocycles. The van der Waals surface area contributed by atoms with Crippen LogP contribution in [0.1, 0.15) is 25.5 Å². The van der Waals surface area contributed by atoms with Gasteiger partial charge in [-0.2, -0.15) is 5.10 Å². The first kappa shape index (κ1) is 11.3. The zero-order chi connectivity index (χ0) is 11.4. The van der Waals surface area contributed by atoms with Crippen LogP contribution in [0.2, 0.25) is 0 Å². The van der Waals surface area contributed by atoms with E-state index in [9.17, 15) is 0 Å². The van der Waals surface area contributed by atoms with Gasteiger partial charge in [0, 0.05) is 12.6 Å². The quantitative estimate of drug-likeness (QED) is 0.841. The molecule has 4 nitrogen and oxygen atoms in total. The highest BCUT2D eigenvalue weighted by atomic mass is 15.2. The van der Waals surface area contributed by atoms with Gasteiger partial charge >= 0.3 is 0 Å². The van der Waals surface area contributed by atoms with Gasteiger partial charge in [-0.05, 0) is 45.0 Å². The highest BCUT2D eigenvalue weighted by Gasteiger charge is 2.18. The third kappa shape index (κ3) is 2.92. The minimum absolute atomic E-state index is 0.519. The zero-order valence-corrected chi connectivity index (χ0v) is 10.1. The van der Waals surface area contributed by atoms with Crippen LogP contribution in [-0.4, -0.2) is 40.8 Å². The second-order valence-corrected chi connectivity index (χ2v) is 4.44. The number of nitrogens with zero attached hydrogens (tertiary/aromatic N) is 3. The smallest absolute Gasteiger partial charge is 0.148 e. The van der Waals surface area contributed by atoms with Gasteiger partial charge in [-0.25, -0.2) is 0 Å². The first-order chi connectivity index (χ1) is 7.78. The molecule has 2 rings (SSSR count). The SMILES string of the molecule is CCN1CCCC(Nc2ccc(C)nn2)C1. The minimum Gasteiger partial charge on any atom is -0.365 e. The summed E-state index contributed by atoms with van der Waals surface area (Å²) in [5.74, 6) is 0.897. The Labute approximate surface area is 97.1 Å². The Morgan fingerprint density at radius 2 is 2.31 bits per heavy atom. The van der Waals surface area contributed by atoms with Crippen LogP contribution < -0.4 is 5.32 Å². The number of aromatic nitrogens is 2. The molecule has 1 unspecified atom stereocenters. The number of likely N-dealkylation sites (tertiary alicyclic amines) is 1. The Kier molecular flexibility index (Phi) is 3.72. The lowest BCUT2D eigenvalue weighted by atomic mass is 10.1. The normalized spacial score (nSPS) is 22.0. The van der Waals surface area contributed by atoms with Crippen molar-refractivity contribution < 1.29 is 0 Å². The monoisotopic (exact) mass is 220 g/mol. The van der Waals surface area contributed by atoms with Crippen molar-refractivity contribution in [3.8, 4) is 0 Å². The van der Waals surface area contributed by atoms with Crippen LogP contribution in [0.3, 0.4) is 0 Å². The molecular weight excluding hydrogens is 200 g/mol. The predicted octanol–water partition coefficient (Wildman–Crippen LogP) is 1.68. The number of piperidine rings is 1. The molecule has 16 heavy (non-hydrogen) atoms. The van der Waals surface area contributed by atoms with E-state index in [2.05, 4.69) is 27.3 Å². The number of nitrogens with one attached hydrogen (secondary N) is 1. The van der Waals surface area contributed by atoms with Gasteiger partial charge in [-0.1, -0.05) is 6.92 Å². The Hall–Kier alpha value is -1.16. The fourth-order valence-corrected chi connectivity index (χ4v) is 2.15. The van der Waals surface area contributed by atoms with Gasteiger partial charge in [0.25, 0.3) is 0 Å². The van der Waals surface area contributed by atoms with Crippen LogP contribution in [0.15, 0.2) is 12.1 Å². The highest BCUT2D eigenvalue weighted by molar-refractivity contribution is 5.34. The van der Waals surface area contributed by atoms with Crippen molar-refractivity contribution in [1.29, 1.82) is 0 Å². The maximum Gasteiger partial charge on any atom is 0.148 e. The molecule has 88 valence electrons. The highest BCUT2D eigenvalue weighted by Crippen LogP contribution is 2.13. The Bertz CT molecular complexity index is 322. The zero-order valence-electron chi connectivity index (χ0n) is 10.1. The van der Waals surface area contributed by atoms with E-state index < -0.39 is 0 Å². The lowest BCUT2D eigenvalue weighted by molar-refractivity contribution is 0.226. The summed E-state index contributed by atoms with van der Waals surface area (Å²) in [6.07, 6.45) is 2.50. The fourth-order valence-electron chi connectivity index (χ4n) is 2.15. The first-order valence-electron chi connectivity index (χ1n) is 6.07. The topological polar surface area (TPSA) is 41.0 Å². The van der Waals surface area contributed by atoms with Crippen molar-refractivity contribution in [3.63, 3.8) is 0 Å². The van der Waals surface area contributed by atoms with Crippen LogP contribution in [-0.2, 0) is 0 Å². The maximum absolute atomic E-state index is 4.14. The van der Waals surface area contributed by atoms with Crippen LogP contribution in [0.5, 0.6) is 0 Å². The summed E-state index contributed by atoms with van der Waals surface area (Å²) >= 11 is 0. The summed E-state index contributed by atoms with van der Waals surface area (Å²) < 4.78 is 0. The lowest BCUT2D eigenvalue weighted by Gasteiger charge is -2.32. The Balaban J connectivity index is 1.91. The number of hydrogen-bond donors (Lipinski definition) is 1. The molecule has 0 amide bonds. The molecule has 0 aliphatic carbocycles. The molecule has 1 aliphatic rings. The van der Waals surface area contributed by atoms with E-state index in [1.807, 2.05) is 19.1 Å². The summed E-state index contributed by atoms with van der Waals surface area (Å²) in [6.45, 7) is 7.66. The number of anilines is 1. The van der Waals surface area contributed by atoms with Crippen molar-refractivity contribution in [3.05, 3.63) is 17.8 Å². The number of rotatable bonds is 3. The van der Waals surface area contributed by atoms with Gasteiger partial charge in [-0.15, -0.1) is 5.10 Å². The summed E-state index contributed by atoms with van der Waals surface area (Å²) in [5, 5.41) is 11.7. The molecule has 0 spiro atoms. The molecule has 1 atom stereocenters. The summed E-state index contributed by atoms with van der Waals surface area (Å²) in [5.41, 5.74) is 0.962. The van der Waals surface area contributed by atoms with Crippen molar-refractivity contribution in [2.45, 2.75) is 32.7 Å². The second kappa shape index (κ2) is 5.25. The number of likely N-dealkylation sites (N-methyl/N-ethyl adjacent to an activating group) is 1. The Morgan fingerprint density at radius 1 is 1.44 bits per heavy atom. The molecule has 1 aromatic rings. The van der Waals surface area contributed by atoms with Gasteiger partial charge < -0.3 is 10.2 Å². The largest absolute Gasteiger partial charge is 0.365 e. The van der Waals surface area contributed by atoms with Gasteiger partial charge in [0.15, 0.2) is 0 Å². The van der Waals surface area contributed by atoms with E-state index >= 15 is 0 Å². The van der Waals surface area contributed by atoms with Crippen molar-refractivity contribution >= 4 is 5.82 Å². The van der Waals surface area contributed by atoms with Gasteiger partial charge in [0.2, 0.25) is 0 Å². The predicted molar refractivity (Wildman–Crippen MR) is 65.5 cm³/mol. The van der Waals surface area contributed by atoms with Gasteiger partial charge in [-0.3, -0.25) is 0 Å². The molecule has 1 N–H and O–H groups in total. The van der Waals surface area contributed by atoms with Crippen molar-refractivity contribution in [2.24, 2.45) is 0 Å². The minimum atomic E-state index is 0.519. The molecule has 0 radical (unpaired) electrons. The third-order valence-corrected chi connectivity index (χ3v) is 3.10. The summed E-state index contributed by atoms with van der Waals surface area (Å²) in [7, 11) is 0. The van der Waals surface area contributed by atoms with Gasteiger partial charge in [0.05, 0.1) is 5.69 Å². The van der Waals surface area contributed by atoms with Crippen LogP contribution in [0.25, 0.3) is 0 Å². The second-order valence-electron chi connectivity index (χ2n) is 4.44. The molecule has 0 aromatic carbocycles. The molecular formula is C12H20N4. The van der Waals surface area contributed by atoms with E-state index in [0.29, 0.717) is 6.04 Å². The molecule has 1 fully saturated rings. The van der Waals surface area contributed by atoms with Gasteiger partial charge in [0.1, 0.15) is 5.82 Å². The molecule has 1 saturated heterocycles. The fraction of sp³-hybridized carbons (Fsp3) is 0.667. The summed E-state index contributed by atoms with van der Waals surface area (Å²) in [6, 6.07) is 4.52. The van der Waals surface area contributed by atoms with E-state index in [1.165, 1.54) is 19.4 Å². The average molecular weight is 220 g/mol. The number of hydrogen-bond acceptors (Lipinski definition) is 4. The maximum atomic E-state index is 4.14. The summed E-state index contributed by atoms with van der Waals surface area (Å²) in [4.78, 5) is 2.47. The molecule has 0 bridgehead atoms. The average Bonchev–Trinajstić information content (AvgIpc) is 2.32. The van der Waals surface area contributed by atoms with Crippen LogP contribution in [0.4, 0.5) is 5.82 Å². The molecule has 1 aromatic heterocycles. The van der Waals surface area contributed by atoms with Crippen LogP contribution in [0, 0.1) is 6.92 Å². The first-order valence-corrected chi connectivity index (χ1v) is 6.07. The van der Waals surface area contributed by atoms with E-state index in [1.54, 1.807) is 0 Å². The van der Waals surface area contributed by atoms with Crippen molar-refractivity contribution in [1.82, 2.24) is 15.1 Å². The Morgan fingerprint density at radius 3 is 3.00 bits per heavy atom. The van der Waals surface area contributed by atoms with E-state index in [-0.39, 0.29) is 0 Å². The van der Waals surface area contributed by atoms with E-state index in [0.717, 1.165) is 24.6 Å². The standard InChI is InChI=1S/C12H20N4/c1-3-16-8-4-5-11(9-16)13-12-7-6-10(2)14-15-12/h6-7,11H,3-5,8-9H2,1-2H3,(H,13,15). The van der Waals surface area contributed by atoms with E-state index in [4.69, 9.17) is 0 Å². The molecule has 1 aliphatic heterocycles. The molecule has 0 saturated carbocycles. The number of aryl methyl sites for hydroxylation is 1. The van der Waals surface area contributed by atoms with Crippen molar-refractivity contribution in [2.75, 3.05) is 25.0 Å².